The summed E-state index contributed by atoms with van der Waals surface area (Å²) in [6.07, 6.45) is 4.30. The summed E-state index contributed by atoms with van der Waals surface area (Å²) < 4.78 is 27.8. The van der Waals surface area contributed by atoms with Gasteiger partial charge in [0.1, 0.15) is 5.82 Å². The highest BCUT2D eigenvalue weighted by Crippen LogP contribution is 2.23. The Kier molecular flexibility index (Phi) is 5.58. The van der Waals surface area contributed by atoms with Gasteiger partial charge in [0, 0.05) is 46.6 Å². The largest absolute Gasteiger partial charge is 0.340 e. The van der Waals surface area contributed by atoms with Crippen LogP contribution in [-0.2, 0) is 28.3 Å². The summed E-state index contributed by atoms with van der Waals surface area (Å²) >= 11 is 0. The predicted molar refractivity (Wildman–Crippen MR) is 105 cm³/mol. The molecule has 1 aromatic carbocycles. The van der Waals surface area contributed by atoms with E-state index in [4.69, 9.17) is 0 Å². The van der Waals surface area contributed by atoms with Gasteiger partial charge in [-0.25, -0.2) is 17.7 Å². The minimum atomic E-state index is -3.50. The monoisotopic (exact) mass is 392 g/mol. The molecule has 0 spiro atoms. The first-order valence-corrected chi connectivity index (χ1v) is 10.8. The van der Waals surface area contributed by atoms with E-state index in [0.717, 1.165) is 30.7 Å². The third-order valence-corrected chi connectivity index (χ3v) is 7.22. The molecule has 7 nitrogen and oxygen atoms in total. The van der Waals surface area contributed by atoms with Crippen molar-refractivity contribution >= 4 is 27.0 Å². The number of likely N-dealkylation sites (tertiary alicyclic amines) is 1. The highest BCUT2D eigenvalue weighted by atomic mass is 32.2. The SMILES string of the molecule is CC1CCCCN1C(=O)CCc1nc2cc(S(=O)(=O)N(C)C)ccc2n1C. The van der Waals surface area contributed by atoms with Crippen molar-refractivity contribution in [3.8, 4) is 0 Å². The number of imidazole rings is 1. The molecular formula is C19H28N4O3S. The summed E-state index contributed by atoms with van der Waals surface area (Å²) in [7, 11) is 1.43. The van der Waals surface area contributed by atoms with Crippen molar-refractivity contribution in [3.63, 3.8) is 0 Å². The van der Waals surface area contributed by atoms with Crippen LogP contribution in [0.2, 0.25) is 0 Å². The van der Waals surface area contributed by atoms with Gasteiger partial charge >= 0.3 is 0 Å². The number of sulfonamides is 1. The minimum Gasteiger partial charge on any atom is -0.340 e. The van der Waals surface area contributed by atoms with Crippen LogP contribution < -0.4 is 0 Å². The Labute approximate surface area is 161 Å². The van der Waals surface area contributed by atoms with E-state index in [2.05, 4.69) is 11.9 Å². The van der Waals surface area contributed by atoms with Crippen molar-refractivity contribution in [1.82, 2.24) is 18.8 Å². The molecule has 148 valence electrons. The second kappa shape index (κ2) is 7.59. The number of fused-ring (bicyclic) bond motifs is 1. The van der Waals surface area contributed by atoms with E-state index >= 15 is 0 Å². The normalized spacial score (nSPS) is 18.4. The Bertz CT molecular complexity index is 949. The Hall–Kier alpha value is -1.93. The van der Waals surface area contributed by atoms with Gasteiger partial charge in [-0.15, -0.1) is 0 Å². The van der Waals surface area contributed by atoms with Gasteiger partial charge in [0.05, 0.1) is 15.9 Å². The van der Waals surface area contributed by atoms with Crippen molar-refractivity contribution in [2.24, 2.45) is 7.05 Å². The van der Waals surface area contributed by atoms with Gasteiger partial charge in [-0.1, -0.05) is 0 Å². The lowest BCUT2D eigenvalue weighted by Gasteiger charge is -2.33. The molecule has 1 aromatic heterocycles. The van der Waals surface area contributed by atoms with Crippen LogP contribution in [0.25, 0.3) is 11.0 Å². The Morgan fingerprint density at radius 1 is 1.30 bits per heavy atom. The highest BCUT2D eigenvalue weighted by molar-refractivity contribution is 7.89. The molecule has 0 bridgehead atoms. The molecule has 0 saturated carbocycles. The second-order valence-corrected chi connectivity index (χ2v) is 9.61. The molecule has 1 saturated heterocycles. The number of hydrogen-bond acceptors (Lipinski definition) is 4. The first-order chi connectivity index (χ1) is 12.7. The van der Waals surface area contributed by atoms with Crippen LogP contribution in [0, 0.1) is 0 Å². The number of nitrogens with zero attached hydrogens (tertiary/aromatic N) is 4. The number of aromatic nitrogens is 2. The molecule has 2 heterocycles. The van der Waals surface area contributed by atoms with Gasteiger partial charge in [-0.05, 0) is 44.4 Å². The molecular weight excluding hydrogens is 364 g/mol. The van der Waals surface area contributed by atoms with Crippen molar-refractivity contribution < 1.29 is 13.2 Å². The number of benzene rings is 1. The Morgan fingerprint density at radius 3 is 2.70 bits per heavy atom. The lowest BCUT2D eigenvalue weighted by molar-refractivity contribution is -0.134. The average Bonchev–Trinajstić information content (AvgIpc) is 2.95. The minimum absolute atomic E-state index is 0.171. The van der Waals surface area contributed by atoms with Gasteiger partial charge in [-0.2, -0.15) is 0 Å². The van der Waals surface area contributed by atoms with Crippen LogP contribution in [0.15, 0.2) is 23.1 Å². The zero-order valence-electron chi connectivity index (χ0n) is 16.5. The van der Waals surface area contributed by atoms with Gasteiger partial charge < -0.3 is 9.47 Å². The maximum atomic E-state index is 12.6. The quantitative estimate of drug-likeness (QED) is 0.781. The summed E-state index contributed by atoms with van der Waals surface area (Å²) in [6, 6.07) is 5.29. The third-order valence-electron chi connectivity index (χ3n) is 5.41. The van der Waals surface area contributed by atoms with E-state index < -0.39 is 10.0 Å². The van der Waals surface area contributed by atoms with Crippen LogP contribution in [0.1, 0.15) is 38.4 Å². The topological polar surface area (TPSA) is 75.5 Å². The zero-order chi connectivity index (χ0) is 19.8. The summed E-state index contributed by atoms with van der Waals surface area (Å²) in [5, 5.41) is 0. The molecule has 1 unspecified atom stereocenters. The first-order valence-electron chi connectivity index (χ1n) is 9.39. The summed E-state index contributed by atoms with van der Waals surface area (Å²) in [5.74, 6) is 0.965. The van der Waals surface area contributed by atoms with E-state index in [1.165, 1.54) is 24.8 Å². The fourth-order valence-electron chi connectivity index (χ4n) is 3.66. The molecule has 1 fully saturated rings. The van der Waals surface area contributed by atoms with Crippen molar-refractivity contribution in [2.45, 2.75) is 50.0 Å². The highest BCUT2D eigenvalue weighted by Gasteiger charge is 2.24. The van der Waals surface area contributed by atoms with E-state index in [-0.39, 0.29) is 10.8 Å². The lowest BCUT2D eigenvalue weighted by Crippen LogP contribution is -2.42. The molecule has 3 rings (SSSR count). The lowest BCUT2D eigenvalue weighted by atomic mass is 10.0. The summed E-state index contributed by atoms with van der Waals surface area (Å²) in [6.45, 7) is 2.95. The zero-order valence-corrected chi connectivity index (χ0v) is 17.3. The molecule has 1 atom stereocenters. The molecule has 1 aliphatic rings. The smallest absolute Gasteiger partial charge is 0.242 e. The fourth-order valence-corrected chi connectivity index (χ4v) is 4.58. The van der Waals surface area contributed by atoms with E-state index in [1.807, 2.05) is 16.5 Å². The molecule has 27 heavy (non-hydrogen) atoms. The van der Waals surface area contributed by atoms with Crippen LogP contribution >= 0.6 is 0 Å². The molecule has 0 aliphatic carbocycles. The van der Waals surface area contributed by atoms with Crippen molar-refractivity contribution in [3.05, 3.63) is 24.0 Å². The molecule has 2 aromatic rings. The average molecular weight is 393 g/mol. The number of carbonyl (C=O) groups is 1. The van der Waals surface area contributed by atoms with E-state index in [9.17, 15) is 13.2 Å². The van der Waals surface area contributed by atoms with Gasteiger partial charge in [0.25, 0.3) is 0 Å². The third kappa shape index (κ3) is 3.87. The first kappa shape index (κ1) is 19.8. The standard InChI is InChI=1S/C19H28N4O3S/c1-14-7-5-6-12-23(14)19(24)11-10-18-20-16-13-15(27(25,26)21(2)3)8-9-17(16)22(18)4/h8-9,13-14H,5-7,10-12H2,1-4H3. The molecule has 0 radical (unpaired) electrons. The summed E-state index contributed by atoms with van der Waals surface area (Å²) in [4.78, 5) is 19.4. The number of piperidine rings is 1. The van der Waals surface area contributed by atoms with Gasteiger partial charge in [0.2, 0.25) is 15.9 Å². The number of rotatable bonds is 5. The fraction of sp³-hybridized carbons (Fsp3) is 0.579. The number of carbonyl (C=O) groups excluding carboxylic acids is 1. The van der Waals surface area contributed by atoms with E-state index in [0.29, 0.717) is 24.4 Å². The van der Waals surface area contributed by atoms with Gasteiger partial charge in [-0.3, -0.25) is 4.79 Å². The summed E-state index contributed by atoms with van der Waals surface area (Å²) in [5.41, 5.74) is 1.50. The second-order valence-electron chi connectivity index (χ2n) is 7.46. The Balaban J connectivity index is 1.79. The van der Waals surface area contributed by atoms with Crippen LogP contribution in [0.5, 0.6) is 0 Å². The molecule has 8 heteroatoms. The maximum Gasteiger partial charge on any atom is 0.242 e. The van der Waals surface area contributed by atoms with Crippen molar-refractivity contribution in [1.29, 1.82) is 0 Å². The van der Waals surface area contributed by atoms with Crippen LogP contribution in [0.4, 0.5) is 0 Å². The van der Waals surface area contributed by atoms with Crippen LogP contribution in [-0.4, -0.2) is 59.8 Å². The van der Waals surface area contributed by atoms with Gasteiger partial charge in [0.15, 0.2) is 0 Å². The Morgan fingerprint density at radius 2 is 2.04 bits per heavy atom. The molecule has 0 N–H and O–H groups in total. The number of amides is 1. The van der Waals surface area contributed by atoms with E-state index in [1.54, 1.807) is 18.2 Å². The maximum absolute atomic E-state index is 12.6. The molecule has 1 amide bonds. The number of aryl methyl sites for hydroxylation is 2. The van der Waals surface area contributed by atoms with Crippen LogP contribution in [0.3, 0.4) is 0 Å². The molecule has 1 aliphatic heterocycles. The van der Waals surface area contributed by atoms with Crippen molar-refractivity contribution in [2.75, 3.05) is 20.6 Å². The number of hydrogen-bond donors (Lipinski definition) is 0. The predicted octanol–water partition coefficient (Wildman–Crippen LogP) is 2.16.